The van der Waals surface area contributed by atoms with Gasteiger partial charge in [0, 0.05) is 16.3 Å². The predicted molar refractivity (Wildman–Crippen MR) is 200 cm³/mol. The summed E-state index contributed by atoms with van der Waals surface area (Å²) < 4.78 is 50.7. The van der Waals surface area contributed by atoms with Crippen molar-refractivity contribution in [3.05, 3.63) is 170 Å². The molecule has 0 saturated heterocycles. The van der Waals surface area contributed by atoms with Crippen molar-refractivity contribution in [3.63, 3.8) is 0 Å². The van der Waals surface area contributed by atoms with E-state index >= 15 is 0 Å². The smallest absolute Gasteiger partial charge is 0.142 e. The van der Waals surface area contributed by atoms with Gasteiger partial charge in [-0.25, -0.2) is 0 Å². The molecule has 0 aliphatic heterocycles. The first-order chi connectivity index (χ1) is 25.4. The van der Waals surface area contributed by atoms with Gasteiger partial charge in [0.25, 0.3) is 0 Å². The molecule has 218 valence electrons. The Labute approximate surface area is 279 Å². The molecule has 10 aromatic rings. The average Bonchev–Trinajstić information content (AvgIpc) is 3.63. The molecule has 0 bridgehead atoms. The third kappa shape index (κ3) is 3.97. The zero-order chi connectivity index (χ0) is 35.2. The molecule has 0 radical (unpaired) electrons. The van der Waals surface area contributed by atoms with Gasteiger partial charge in [-0.1, -0.05) is 139 Å². The molecular formula is C46H28O. The Hall–Kier alpha value is -6.18. The quantitative estimate of drug-likeness (QED) is 0.145. The van der Waals surface area contributed by atoms with Crippen LogP contribution in [0.3, 0.4) is 0 Å². The maximum atomic E-state index is 9.76. The fourth-order valence-electron chi connectivity index (χ4n) is 7.36. The second-order valence-electron chi connectivity index (χ2n) is 12.1. The van der Waals surface area contributed by atoms with Crippen LogP contribution in [-0.4, -0.2) is 0 Å². The van der Waals surface area contributed by atoms with Gasteiger partial charge in [0.2, 0.25) is 0 Å². The molecule has 0 N–H and O–H groups in total. The first-order valence-electron chi connectivity index (χ1n) is 18.3. The van der Waals surface area contributed by atoms with Gasteiger partial charge in [0.05, 0.1) is 13.1 Å². The highest BCUT2D eigenvalue weighted by Crippen LogP contribution is 2.48. The fourth-order valence-corrected chi connectivity index (χ4v) is 7.36. The maximum absolute atomic E-state index is 9.76. The number of hydrogen-bond acceptors (Lipinski definition) is 1. The van der Waals surface area contributed by atoms with Crippen molar-refractivity contribution in [2.24, 2.45) is 0 Å². The summed E-state index contributed by atoms with van der Waals surface area (Å²) in [5, 5.41) is 9.42. The molecule has 1 aromatic heterocycles. The minimum absolute atomic E-state index is 0.0705. The Bertz CT molecular complexity index is 3130. The van der Waals surface area contributed by atoms with Crippen molar-refractivity contribution in [1.82, 2.24) is 0 Å². The number of rotatable bonds is 3. The SMILES string of the molecule is [2H]c1c([2H])c([2H])c2c([2H])c3c(-c4c(-c5coc6c5ccc5c7ccccc7ccc56)ccc5ccccc45)c(-c4ccccc4)ccc3cc2c1[2H]. The third-order valence-electron chi connectivity index (χ3n) is 9.52. The number of fused-ring (bicyclic) bond motifs is 8. The minimum Gasteiger partial charge on any atom is -0.463 e. The molecule has 0 amide bonds. The van der Waals surface area contributed by atoms with E-state index in [1.807, 2.05) is 48.7 Å². The molecule has 0 atom stereocenters. The van der Waals surface area contributed by atoms with E-state index in [2.05, 4.69) is 91.0 Å². The molecule has 10 rings (SSSR count). The maximum Gasteiger partial charge on any atom is 0.142 e. The summed E-state index contributed by atoms with van der Waals surface area (Å²) in [4.78, 5) is 0. The monoisotopic (exact) mass is 601 g/mol. The van der Waals surface area contributed by atoms with Gasteiger partial charge in [0.15, 0.2) is 0 Å². The molecule has 0 fully saturated rings. The van der Waals surface area contributed by atoms with Crippen LogP contribution >= 0.6 is 0 Å². The van der Waals surface area contributed by atoms with Gasteiger partial charge in [0.1, 0.15) is 5.58 Å². The van der Waals surface area contributed by atoms with Crippen molar-refractivity contribution in [3.8, 4) is 33.4 Å². The molecular weight excluding hydrogens is 569 g/mol. The van der Waals surface area contributed by atoms with Crippen LogP contribution < -0.4 is 0 Å². The van der Waals surface area contributed by atoms with Crippen LogP contribution in [0, 0.1) is 0 Å². The molecule has 47 heavy (non-hydrogen) atoms. The predicted octanol–water partition coefficient (Wildman–Crippen LogP) is 13.2. The van der Waals surface area contributed by atoms with E-state index in [-0.39, 0.29) is 35.6 Å². The molecule has 0 spiro atoms. The molecule has 9 aromatic carbocycles. The van der Waals surface area contributed by atoms with E-state index in [1.54, 1.807) is 0 Å². The summed E-state index contributed by atoms with van der Waals surface area (Å²) in [5.74, 6) is 0. The first kappa shape index (κ1) is 21.5. The van der Waals surface area contributed by atoms with E-state index in [4.69, 9.17) is 9.90 Å². The second-order valence-corrected chi connectivity index (χ2v) is 12.1. The summed E-state index contributed by atoms with van der Waals surface area (Å²) in [7, 11) is 0. The van der Waals surface area contributed by atoms with E-state index in [0.29, 0.717) is 10.8 Å². The third-order valence-corrected chi connectivity index (χ3v) is 9.52. The highest BCUT2D eigenvalue weighted by atomic mass is 16.3. The van der Waals surface area contributed by atoms with Crippen LogP contribution in [-0.2, 0) is 0 Å². The van der Waals surface area contributed by atoms with Crippen LogP contribution in [0.25, 0.3) is 98.2 Å². The van der Waals surface area contributed by atoms with Gasteiger partial charge in [-0.15, -0.1) is 0 Å². The minimum atomic E-state index is -0.346. The van der Waals surface area contributed by atoms with Gasteiger partial charge < -0.3 is 4.42 Å². The van der Waals surface area contributed by atoms with Crippen molar-refractivity contribution in [2.45, 2.75) is 0 Å². The summed E-state index contributed by atoms with van der Waals surface area (Å²) >= 11 is 0. The average molecular weight is 602 g/mol. The largest absolute Gasteiger partial charge is 0.463 e. The topological polar surface area (TPSA) is 13.1 Å². The normalized spacial score (nSPS) is 13.3. The number of benzene rings is 9. The lowest BCUT2D eigenvalue weighted by molar-refractivity contribution is 0.620. The molecule has 0 unspecified atom stereocenters. The second kappa shape index (κ2) is 10.2. The van der Waals surface area contributed by atoms with Crippen LogP contribution in [0.15, 0.2) is 174 Å². The van der Waals surface area contributed by atoms with E-state index in [9.17, 15) is 1.37 Å². The van der Waals surface area contributed by atoms with E-state index in [0.717, 1.165) is 71.3 Å². The van der Waals surface area contributed by atoms with Crippen molar-refractivity contribution in [2.75, 3.05) is 0 Å². The molecule has 1 heteroatoms. The van der Waals surface area contributed by atoms with E-state index in [1.165, 1.54) is 10.8 Å². The van der Waals surface area contributed by atoms with E-state index < -0.39 is 0 Å². The van der Waals surface area contributed by atoms with Crippen molar-refractivity contribution in [1.29, 1.82) is 0 Å². The van der Waals surface area contributed by atoms with Crippen LogP contribution in [0.2, 0.25) is 0 Å². The van der Waals surface area contributed by atoms with Crippen LogP contribution in [0.4, 0.5) is 0 Å². The van der Waals surface area contributed by atoms with Crippen LogP contribution in [0.1, 0.15) is 6.85 Å². The lowest BCUT2D eigenvalue weighted by Gasteiger charge is -2.20. The van der Waals surface area contributed by atoms with Gasteiger partial charge in [-0.2, -0.15) is 0 Å². The molecule has 0 aliphatic rings. The lowest BCUT2D eigenvalue weighted by atomic mass is 9.83. The Morgan fingerprint density at radius 3 is 1.91 bits per heavy atom. The highest BCUT2D eigenvalue weighted by Gasteiger charge is 2.22. The first-order valence-corrected chi connectivity index (χ1v) is 15.8. The Balaban J connectivity index is 1.38. The standard InChI is InChI=1S/C46H28O/c1-2-10-29(11-3-1)37-21-20-34-26-32-14-4-5-15-33(32)27-42(34)45(37)44-36-17-9-7-13-31(36)18-22-39(44)43-28-47-46-40-23-19-30-12-6-8-16-35(30)38(40)24-25-41(43)46/h1-28H/i4D,5D,14D,15D,27D. The van der Waals surface area contributed by atoms with Crippen molar-refractivity contribution < 1.29 is 11.3 Å². The Morgan fingerprint density at radius 1 is 0.404 bits per heavy atom. The zero-order valence-corrected chi connectivity index (χ0v) is 25.2. The van der Waals surface area contributed by atoms with Gasteiger partial charge >= 0.3 is 0 Å². The van der Waals surface area contributed by atoms with Gasteiger partial charge in [-0.3, -0.25) is 0 Å². The summed E-state index contributed by atoms with van der Waals surface area (Å²) in [6, 6.07) is 44.5. The zero-order valence-electron chi connectivity index (χ0n) is 30.2. The lowest BCUT2D eigenvalue weighted by Crippen LogP contribution is -1.93. The summed E-state index contributed by atoms with van der Waals surface area (Å²) in [6.07, 6.45) is 1.84. The van der Waals surface area contributed by atoms with Crippen LogP contribution in [0.5, 0.6) is 0 Å². The van der Waals surface area contributed by atoms with Gasteiger partial charge in [-0.05, 0) is 101 Å². The summed E-state index contributed by atoms with van der Waals surface area (Å²) in [5.41, 5.74) is 6.33. The number of hydrogen-bond donors (Lipinski definition) is 0. The number of furan rings is 1. The Kier molecular flexibility index (Phi) is 4.66. The molecule has 0 aliphatic carbocycles. The fraction of sp³-hybridized carbons (Fsp3) is 0. The molecule has 0 saturated carbocycles. The van der Waals surface area contributed by atoms with Crippen molar-refractivity contribution >= 4 is 64.8 Å². The molecule has 1 nitrogen and oxygen atoms in total. The Morgan fingerprint density at radius 2 is 1.04 bits per heavy atom. The summed E-state index contributed by atoms with van der Waals surface area (Å²) in [6.45, 7) is 0. The highest BCUT2D eigenvalue weighted by molar-refractivity contribution is 6.21. The molecule has 1 heterocycles.